The summed E-state index contributed by atoms with van der Waals surface area (Å²) in [5.74, 6) is 0.416. The number of hydrogen-bond acceptors (Lipinski definition) is 9. The van der Waals surface area contributed by atoms with E-state index in [1.165, 1.54) is 30.3 Å². The average molecular weight is 464 g/mol. The summed E-state index contributed by atoms with van der Waals surface area (Å²) in [5, 5.41) is 31.9. The second-order valence-corrected chi connectivity index (χ2v) is 9.68. The van der Waals surface area contributed by atoms with E-state index in [2.05, 4.69) is 43.0 Å². The lowest BCUT2D eigenvalue weighted by Gasteiger charge is -2.20. The Morgan fingerprint density at radius 2 is 1.84 bits per heavy atom. The van der Waals surface area contributed by atoms with Gasteiger partial charge in [0.15, 0.2) is 0 Å². The van der Waals surface area contributed by atoms with Gasteiger partial charge in [-0.3, -0.25) is 4.18 Å². The molecule has 0 aliphatic heterocycles. The van der Waals surface area contributed by atoms with E-state index in [0.717, 1.165) is 18.5 Å². The first-order chi connectivity index (χ1) is 15.3. The van der Waals surface area contributed by atoms with Crippen LogP contribution in [0.25, 0.3) is 0 Å². The summed E-state index contributed by atoms with van der Waals surface area (Å²) in [4.78, 5) is 8.55. The third-order valence-electron chi connectivity index (χ3n) is 6.24. The van der Waals surface area contributed by atoms with Gasteiger partial charge in [0, 0.05) is 30.1 Å². The molecule has 1 aromatic heterocycles. The number of hydrogen-bond donors (Lipinski definition) is 5. The highest BCUT2D eigenvalue weighted by Gasteiger charge is 2.41. The molecule has 1 heterocycles. The van der Waals surface area contributed by atoms with Gasteiger partial charge in [0.1, 0.15) is 18.0 Å². The van der Waals surface area contributed by atoms with Crippen molar-refractivity contribution < 1.29 is 22.8 Å². The van der Waals surface area contributed by atoms with Crippen LogP contribution in [0.4, 0.5) is 17.3 Å². The van der Waals surface area contributed by atoms with Gasteiger partial charge < -0.3 is 20.8 Å². The highest BCUT2D eigenvalue weighted by Crippen LogP contribution is 2.33. The van der Waals surface area contributed by atoms with Crippen LogP contribution in [0.5, 0.6) is 0 Å². The molecule has 174 valence electrons. The molecular weight excluding hydrogens is 434 g/mol. The quantitative estimate of drug-likeness (QED) is 0.386. The average Bonchev–Trinajstić information content (AvgIpc) is 3.04. The number of aryl methyl sites for hydroxylation is 1. The highest BCUT2D eigenvalue weighted by atomic mass is 32.2. The molecule has 0 unspecified atom stereocenters. The summed E-state index contributed by atoms with van der Waals surface area (Å²) in [6, 6.07) is 8.08. The van der Waals surface area contributed by atoms with Crippen LogP contribution in [-0.4, -0.2) is 54.0 Å². The van der Waals surface area contributed by atoms with E-state index in [4.69, 9.17) is 5.14 Å². The van der Waals surface area contributed by atoms with Crippen molar-refractivity contribution in [1.82, 2.24) is 9.97 Å². The van der Waals surface area contributed by atoms with Crippen LogP contribution in [0.3, 0.4) is 0 Å². The lowest BCUT2D eigenvalue weighted by atomic mass is 9.90. The molecule has 11 heteroatoms. The molecule has 6 N–H and O–H groups in total. The van der Waals surface area contributed by atoms with Gasteiger partial charge in [0.05, 0.1) is 18.8 Å². The molecule has 10 nitrogen and oxygen atoms in total. The number of fused-ring (bicyclic) bond motifs is 1. The van der Waals surface area contributed by atoms with Crippen molar-refractivity contribution in [2.75, 3.05) is 23.8 Å². The van der Waals surface area contributed by atoms with E-state index < -0.39 is 28.4 Å². The maximum atomic E-state index is 11.0. The minimum atomic E-state index is -4.09. The van der Waals surface area contributed by atoms with Crippen molar-refractivity contribution in [3.05, 3.63) is 41.7 Å². The fourth-order valence-corrected chi connectivity index (χ4v) is 4.94. The molecule has 0 bridgehead atoms. The number of nitrogens with one attached hydrogen (secondary N) is 2. The monoisotopic (exact) mass is 463 g/mol. The number of aromatic nitrogens is 2. The number of rotatable bonds is 8. The number of nitrogens with zero attached hydrogens (tertiary/aromatic N) is 2. The second kappa shape index (κ2) is 9.67. The Balaban J connectivity index is 1.37. The largest absolute Gasteiger partial charge is 0.390 e. The Bertz CT molecular complexity index is 1050. The zero-order valence-corrected chi connectivity index (χ0v) is 18.5. The Morgan fingerprint density at radius 1 is 1.09 bits per heavy atom. The summed E-state index contributed by atoms with van der Waals surface area (Å²) >= 11 is 0. The van der Waals surface area contributed by atoms with Gasteiger partial charge in [-0.2, -0.15) is 8.42 Å². The van der Waals surface area contributed by atoms with Crippen LogP contribution in [0, 0.1) is 11.8 Å². The second-order valence-electron chi connectivity index (χ2n) is 8.46. The molecular formula is C21H29N5O5S. The third-order valence-corrected chi connectivity index (χ3v) is 6.70. The van der Waals surface area contributed by atoms with Crippen molar-refractivity contribution in [2.24, 2.45) is 17.0 Å². The zero-order valence-electron chi connectivity index (χ0n) is 17.6. The molecule has 0 spiro atoms. The summed E-state index contributed by atoms with van der Waals surface area (Å²) in [5.41, 5.74) is 3.77. The molecule has 2 aliphatic carbocycles. The molecule has 1 aromatic carbocycles. The zero-order chi connectivity index (χ0) is 22.7. The van der Waals surface area contributed by atoms with Gasteiger partial charge in [0.25, 0.3) is 0 Å². The minimum Gasteiger partial charge on any atom is -0.390 e. The molecule has 4 rings (SSSR count). The smallest absolute Gasteiger partial charge is 0.333 e. The van der Waals surface area contributed by atoms with Crippen molar-refractivity contribution >= 4 is 27.6 Å². The predicted molar refractivity (Wildman–Crippen MR) is 120 cm³/mol. The summed E-state index contributed by atoms with van der Waals surface area (Å²) < 4.78 is 26.6. The Kier molecular flexibility index (Phi) is 6.91. The van der Waals surface area contributed by atoms with Crippen LogP contribution in [0.15, 0.2) is 30.6 Å². The van der Waals surface area contributed by atoms with Gasteiger partial charge in [-0.05, 0) is 49.3 Å². The lowest BCUT2D eigenvalue weighted by Crippen LogP contribution is -2.32. The van der Waals surface area contributed by atoms with Crippen LogP contribution < -0.4 is 15.8 Å². The lowest BCUT2D eigenvalue weighted by molar-refractivity contribution is -0.00162. The van der Waals surface area contributed by atoms with Gasteiger partial charge >= 0.3 is 10.3 Å². The Labute approximate surface area is 187 Å². The molecule has 0 amide bonds. The maximum Gasteiger partial charge on any atom is 0.333 e. The van der Waals surface area contributed by atoms with Gasteiger partial charge in [-0.1, -0.05) is 12.1 Å². The summed E-state index contributed by atoms with van der Waals surface area (Å²) in [7, 11) is -4.09. The van der Waals surface area contributed by atoms with Gasteiger partial charge in [-0.25, -0.2) is 15.1 Å². The van der Waals surface area contributed by atoms with Crippen LogP contribution in [0.1, 0.15) is 30.4 Å². The number of nitrogens with two attached hydrogens (primary N) is 1. The molecule has 2 aliphatic rings. The molecule has 2 aromatic rings. The molecule has 4 atom stereocenters. The molecule has 32 heavy (non-hydrogen) atoms. The number of anilines is 3. The fraction of sp³-hybridized carbons (Fsp3) is 0.524. The predicted octanol–water partition coefficient (Wildman–Crippen LogP) is 1.09. The molecule has 1 fully saturated rings. The van der Waals surface area contributed by atoms with E-state index >= 15 is 0 Å². The Hall–Kier alpha value is -2.31. The van der Waals surface area contributed by atoms with Crippen molar-refractivity contribution in [2.45, 2.75) is 44.3 Å². The number of aliphatic hydroxyl groups excluding tert-OH is 2. The van der Waals surface area contributed by atoms with E-state index in [-0.39, 0.29) is 12.5 Å². The van der Waals surface area contributed by atoms with Crippen molar-refractivity contribution in [1.29, 1.82) is 0 Å². The fourth-order valence-electron chi connectivity index (χ4n) is 4.57. The number of aliphatic hydroxyl groups is 2. The minimum absolute atomic E-state index is 0.267. The van der Waals surface area contributed by atoms with Crippen LogP contribution >= 0.6 is 0 Å². The first-order valence-electron chi connectivity index (χ1n) is 10.8. The topological polar surface area (TPSA) is 160 Å². The van der Waals surface area contributed by atoms with Crippen molar-refractivity contribution in [3.63, 3.8) is 0 Å². The normalized spacial score (nSPS) is 25.3. The summed E-state index contributed by atoms with van der Waals surface area (Å²) in [6.45, 7) is 0.0812. The number of benzene rings is 1. The van der Waals surface area contributed by atoms with E-state index in [0.29, 0.717) is 24.6 Å². The van der Waals surface area contributed by atoms with Crippen LogP contribution in [-0.2, 0) is 27.3 Å². The van der Waals surface area contributed by atoms with Gasteiger partial charge in [0.2, 0.25) is 0 Å². The standard InChI is InChI=1S/C21H29N5O5S/c22-32(29,30)31-11-15-8-14(20(27)21(15)28)10-23-18-9-19(25-12-24-18)26-17-7-3-5-13-4-1-2-6-16(13)17/h3,5,7,9,12,14-15,20-21,27-28H,1-2,4,6,8,10-11H2,(H2,22,29,30)(H2,23,24,25,26)/t14-,15+,20-,21+/m0/s1. The van der Waals surface area contributed by atoms with Crippen molar-refractivity contribution in [3.8, 4) is 0 Å². The third kappa shape index (κ3) is 5.54. The van der Waals surface area contributed by atoms with E-state index in [9.17, 15) is 18.6 Å². The highest BCUT2D eigenvalue weighted by molar-refractivity contribution is 7.84. The van der Waals surface area contributed by atoms with Gasteiger partial charge in [-0.15, -0.1) is 0 Å². The Morgan fingerprint density at radius 3 is 2.66 bits per heavy atom. The SMILES string of the molecule is NS(=O)(=O)OC[C@H]1C[C@@H](CNc2cc(Nc3cccc4c3CCCC4)ncn2)[C@H](O)[C@@H]1O. The summed E-state index contributed by atoms with van der Waals surface area (Å²) in [6.07, 6.45) is 4.30. The molecule has 0 radical (unpaired) electrons. The van der Waals surface area contributed by atoms with E-state index in [1.807, 2.05) is 0 Å². The molecule has 1 saturated carbocycles. The van der Waals surface area contributed by atoms with Crippen LogP contribution in [0.2, 0.25) is 0 Å². The first kappa shape index (κ1) is 22.9. The maximum absolute atomic E-state index is 11.0. The van der Waals surface area contributed by atoms with E-state index in [1.54, 1.807) is 6.07 Å². The first-order valence-corrected chi connectivity index (χ1v) is 12.2. The molecule has 0 saturated heterocycles.